The van der Waals surface area contributed by atoms with Crippen LogP contribution in [0.15, 0.2) is 29.2 Å². The van der Waals surface area contributed by atoms with Crippen molar-refractivity contribution in [1.82, 2.24) is 4.57 Å². The summed E-state index contributed by atoms with van der Waals surface area (Å²) in [5.41, 5.74) is -0.373. The van der Waals surface area contributed by atoms with Crippen molar-refractivity contribution < 1.29 is 14.3 Å². The van der Waals surface area contributed by atoms with Gasteiger partial charge in [-0.05, 0) is 31.5 Å². The summed E-state index contributed by atoms with van der Waals surface area (Å²) in [6.45, 7) is 4.17. The number of aromatic carboxylic acids is 1. The monoisotopic (exact) mass is 333 g/mol. The van der Waals surface area contributed by atoms with Gasteiger partial charge < -0.3 is 9.67 Å². The van der Waals surface area contributed by atoms with E-state index in [9.17, 15) is 19.1 Å². The molecule has 1 atom stereocenters. The maximum Gasteiger partial charge on any atom is 0.341 e. The fourth-order valence-electron chi connectivity index (χ4n) is 3.03. The highest BCUT2D eigenvalue weighted by atomic mass is 19.1. The molecule has 24 heavy (non-hydrogen) atoms. The molecule has 1 unspecified atom stereocenters. The third-order valence-electron chi connectivity index (χ3n) is 4.42. The van der Waals surface area contributed by atoms with Gasteiger partial charge in [0, 0.05) is 17.6 Å². The molecule has 4 nitrogen and oxygen atoms in total. The number of unbranched alkanes of at least 4 members (excludes halogenated alkanes) is 4. The summed E-state index contributed by atoms with van der Waals surface area (Å²) in [5, 5.41) is 9.39. The third-order valence-corrected chi connectivity index (χ3v) is 4.42. The van der Waals surface area contributed by atoms with E-state index >= 15 is 0 Å². The standard InChI is InChI=1S/C19H24FNO3/c1-3-4-5-6-7-8-13(2)21-12-16(19(23)24)18(22)15-11-14(20)9-10-17(15)21/h9-13H,3-8H2,1-2H3,(H,23,24). The molecule has 1 heterocycles. The van der Waals surface area contributed by atoms with E-state index in [1.165, 1.54) is 31.5 Å². The van der Waals surface area contributed by atoms with Crippen molar-refractivity contribution in [2.75, 3.05) is 0 Å². The molecule has 0 saturated carbocycles. The van der Waals surface area contributed by atoms with Crippen molar-refractivity contribution in [1.29, 1.82) is 0 Å². The Bertz CT molecular complexity index is 782. The van der Waals surface area contributed by atoms with Crippen molar-refractivity contribution in [3.8, 4) is 0 Å². The molecule has 0 amide bonds. The Hall–Kier alpha value is -2.17. The lowest BCUT2D eigenvalue weighted by Gasteiger charge is -2.19. The topological polar surface area (TPSA) is 59.3 Å². The Morgan fingerprint density at radius 2 is 1.96 bits per heavy atom. The average Bonchev–Trinajstić information content (AvgIpc) is 2.55. The van der Waals surface area contributed by atoms with Crippen molar-refractivity contribution in [2.45, 2.75) is 58.4 Å². The van der Waals surface area contributed by atoms with Gasteiger partial charge in [0.2, 0.25) is 5.43 Å². The van der Waals surface area contributed by atoms with Crippen LogP contribution in [-0.2, 0) is 0 Å². The molecule has 1 aromatic heterocycles. The summed E-state index contributed by atoms with van der Waals surface area (Å²) in [5.74, 6) is -1.82. The van der Waals surface area contributed by atoms with Gasteiger partial charge in [0.25, 0.3) is 0 Å². The molecule has 5 heteroatoms. The number of benzene rings is 1. The molecule has 0 saturated heterocycles. The zero-order chi connectivity index (χ0) is 17.7. The smallest absolute Gasteiger partial charge is 0.341 e. The minimum atomic E-state index is -1.28. The van der Waals surface area contributed by atoms with Crippen LogP contribution in [0.4, 0.5) is 4.39 Å². The summed E-state index contributed by atoms with van der Waals surface area (Å²) in [6.07, 6.45) is 8.06. The van der Waals surface area contributed by atoms with E-state index in [0.29, 0.717) is 5.52 Å². The number of fused-ring (bicyclic) bond motifs is 1. The number of pyridine rings is 1. The molecule has 2 aromatic rings. The molecular weight excluding hydrogens is 309 g/mol. The molecule has 1 aromatic carbocycles. The fourth-order valence-corrected chi connectivity index (χ4v) is 3.03. The van der Waals surface area contributed by atoms with Crippen LogP contribution in [0.1, 0.15) is 68.8 Å². The molecule has 0 fully saturated rings. The van der Waals surface area contributed by atoms with E-state index in [4.69, 9.17) is 0 Å². The molecule has 2 rings (SSSR count). The number of carboxylic acids is 1. The van der Waals surface area contributed by atoms with Crippen LogP contribution in [0.5, 0.6) is 0 Å². The zero-order valence-corrected chi connectivity index (χ0v) is 14.2. The van der Waals surface area contributed by atoms with Gasteiger partial charge in [-0.3, -0.25) is 4.79 Å². The predicted molar refractivity (Wildman–Crippen MR) is 93.2 cm³/mol. The number of carboxylic acid groups (broad SMARTS) is 1. The first kappa shape index (κ1) is 18.2. The number of halogens is 1. The van der Waals surface area contributed by atoms with Gasteiger partial charge in [0.1, 0.15) is 11.4 Å². The number of carbonyl (C=O) groups is 1. The lowest BCUT2D eigenvalue weighted by molar-refractivity contribution is 0.0694. The van der Waals surface area contributed by atoms with E-state index in [2.05, 4.69) is 6.92 Å². The third kappa shape index (κ3) is 4.02. The first-order valence-corrected chi connectivity index (χ1v) is 8.53. The van der Waals surface area contributed by atoms with E-state index in [1.54, 1.807) is 10.6 Å². The molecule has 0 radical (unpaired) electrons. The number of rotatable bonds is 8. The second-order valence-electron chi connectivity index (χ2n) is 6.30. The molecule has 0 bridgehead atoms. The van der Waals surface area contributed by atoms with Crippen LogP contribution in [0, 0.1) is 5.82 Å². The molecule has 0 spiro atoms. The highest BCUT2D eigenvalue weighted by molar-refractivity contribution is 5.92. The highest BCUT2D eigenvalue weighted by Gasteiger charge is 2.17. The van der Waals surface area contributed by atoms with Gasteiger partial charge >= 0.3 is 5.97 Å². The van der Waals surface area contributed by atoms with Gasteiger partial charge in [0.15, 0.2) is 0 Å². The van der Waals surface area contributed by atoms with Gasteiger partial charge in [-0.25, -0.2) is 9.18 Å². The fraction of sp³-hybridized carbons (Fsp3) is 0.474. The van der Waals surface area contributed by atoms with Crippen LogP contribution in [0.25, 0.3) is 10.9 Å². The lowest BCUT2D eigenvalue weighted by atomic mass is 10.1. The van der Waals surface area contributed by atoms with Gasteiger partial charge in [-0.2, -0.15) is 0 Å². The predicted octanol–water partition coefficient (Wildman–Crippen LogP) is 4.76. The molecule has 0 aliphatic rings. The van der Waals surface area contributed by atoms with E-state index in [1.807, 2.05) is 6.92 Å². The van der Waals surface area contributed by atoms with Crippen molar-refractivity contribution in [3.05, 3.63) is 46.0 Å². The van der Waals surface area contributed by atoms with E-state index in [-0.39, 0.29) is 17.0 Å². The van der Waals surface area contributed by atoms with Crippen LogP contribution < -0.4 is 5.43 Å². The molecule has 1 N–H and O–H groups in total. The molecule has 130 valence electrons. The maximum atomic E-state index is 13.5. The Labute approximate surface area is 140 Å². The average molecular weight is 333 g/mol. The minimum Gasteiger partial charge on any atom is -0.477 e. The SMILES string of the molecule is CCCCCCCC(C)n1cc(C(=O)O)c(=O)c2cc(F)ccc21. The van der Waals surface area contributed by atoms with Crippen molar-refractivity contribution in [2.24, 2.45) is 0 Å². The largest absolute Gasteiger partial charge is 0.477 e. The van der Waals surface area contributed by atoms with Crippen LogP contribution in [0.2, 0.25) is 0 Å². The second-order valence-corrected chi connectivity index (χ2v) is 6.30. The highest BCUT2D eigenvalue weighted by Crippen LogP contribution is 2.22. The quantitative estimate of drug-likeness (QED) is 0.709. The van der Waals surface area contributed by atoms with E-state index in [0.717, 1.165) is 25.3 Å². The van der Waals surface area contributed by atoms with Gasteiger partial charge in [0.05, 0.1) is 5.52 Å². The van der Waals surface area contributed by atoms with Crippen LogP contribution in [0.3, 0.4) is 0 Å². The Morgan fingerprint density at radius 3 is 2.62 bits per heavy atom. The van der Waals surface area contributed by atoms with Gasteiger partial charge in [-0.15, -0.1) is 0 Å². The summed E-state index contributed by atoms with van der Waals surface area (Å²) in [4.78, 5) is 23.6. The molecular formula is C19H24FNO3. The number of nitrogens with zero attached hydrogens (tertiary/aromatic N) is 1. The van der Waals surface area contributed by atoms with E-state index < -0.39 is 17.2 Å². The summed E-state index contributed by atoms with van der Waals surface area (Å²) in [7, 11) is 0. The number of aromatic nitrogens is 1. The Kier molecular flexibility index (Phi) is 6.12. The second kappa shape index (κ2) is 8.08. The maximum absolute atomic E-state index is 13.5. The first-order valence-electron chi connectivity index (χ1n) is 8.53. The lowest BCUT2D eigenvalue weighted by Crippen LogP contribution is -2.20. The van der Waals surface area contributed by atoms with Crippen LogP contribution in [-0.4, -0.2) is 15.6 Å². The summed E-state index contributed by atoms with van der Waals surface area (Å²) >= 11 is 0. The number of hydrogen-bond acceptors (Lipinski definition) is 2. The first-order chi connectivity index (χ1) is 11.5. The van der Waals surface area contributed by atoms with Crippen LogP contribution >= 0.6 is 0 Å². The number of hydrogen-bond donors (Lipinski definition) is 1. The van der Waals surface area contributed by atoms with Crippen molar-refractivity contribution in [3.63, 3.8) is 0 Å². The van der Waals surface area contributed by atoms with Crippen molar-refractivity contribution >= 4 is 16.9 Å². The molecule has 0 aliphatic heterocycles. The Morgan fingerprint density at radius 1 is 1.25 bits per heavy atom. The van der Waals surface area contributed by atoms with Gasteiger partial charge in [-0.1, -0.05) is 39.0 Å². The Balaban J connectivity index is 2.36. The summed E-state index contributed by atoms with van der Waals surface area (Å²) in [6, 6.07) is 4.00. The normalized spacial score (nSPS) is 12.5. The minimum absolute atomic E-state index is 0.0401. The molecule has 0 aliphatic carbocycles. The zero-order valence-electron chi connectivity index (χ0n) is 14.2. The summed E-state index contributed by atoms with van der Waals surface area (Å²) < 4.78 is 15.3.